The van der Waals surface area contributed by atoms with Gasteiger partial charge in [0.1, 0.15) is 5.75 Å². The van der Waals surface area contributed by atoms with Crippen LogP contribution in [0.4, 0.5) is 11.4 Å². The number of hydrogen-bond acceptors (Lipinski definition) is 4. The van der Waals surface area contributed by atoms with Crippen molar-refractivity contribution in [2.75, 3.05) is 16.6 Å². The molecule has 126 valence electrons. The number of aryl methyl sites for hydroxylation is 2. The fourth-order valence-corrected chi connectivity index (χ4v) is 3.46. The van der Waals surface area contributed by atoms with Gasteiger partial charge in [-0.15, -0.1) is 0 Å². The van der Waals surface area contributed by atoms with E-state index >= 15 is 0 Å². The van der Waals surface area contributed by atoms with Crippen LogP contribution in [0.2, 0.25) is 0 Å². The highest BCUT2D eigenvalue weighted by atomic mass is 32.2. The monoisotopic (exact) mass is 346 g/mol. The quantitative estimate of drug-likeness (QED) is 0.895. The molecule has 0 aliphatic carbocycles. The lowest BCUT2D eigenvalue weighted by Crippen LogP contribution is -2.14. The van der Waals surface area contributed by atoms with E-state index in [4.69, 9.17) is 4.74 Å². The van der Waals surface area contributed by atoms with Crippen molar-refractivity contribution in [3.8, 4) is 5.75 Å². The maximum absolute atomic E-state index is 12.6. The number of nitrogens with one attached hydrogen (secondary N) is 2. The van der Waals surface area contributed by atoms with E-state index < -0.39 is 10.0 Å². The van der Waals surface area contributed by atoms with Gasteiger partial charge in [-0.25, -0.2) is 8.42 Å². The van der Waals surface area contributed by atoms with E-state index in [1.807, 2.05) is 19.9 Å². The van der Waals surface area contributed by atoms with Crippen molar-refractivity contribution in [3.63, 3.8) is 0 Å². The van der Waals surface area contributed by atoms with Crippen LogP contribution in [-0.2, 0) is 14.8 Å². The molecule has 0 spiro atoms. The van der Waals surface area contributed by atoms with Crippen LogP contribution < -0.4 is 14.8 Å². The molecule has 2 N–H and O–H groups in total. The molecule has 7 heteroatoms. The molecule has 0 aromatic heterocycles. The van der Waals surface area contributed by atoms with Crippen molar-refractivity contribution in [1.29, 1.82) is 0 Å². The third kappa shape index (κ3) is 3.35. The largest absolute Gasteiger partial charge is 0.491 e. The van der Waals surface area contributed by atoms with Gasteiger partial charge in [-0.1, -0.05) is 6.07 Å². The zero-order valence-electron chi connectivity index (χ0n) is 13.4. The highest BCUT2D eigenvalue weighted by Gasteiger charge is 2.20. The van der Waals surface area contributed by atoms with Crippen molar-refractivity contribution < 1.29 is 17.9 Å². The van der Waals surface area contributed by atoms with E-state index in [1.54, 1.807) is 18.2 Å². The Morgan fingerprint density at radius 1 is 1.08 bits per heavy atom. The summed E-state index contributed by atoms with van der Waals surface area (Å²) in [5, 5.41) is 2.66. The number of amides is 1. The van der Waals surface area contributed by atoms with Crippen LogP contribution in [0.25, 0.3) is 0 Å². The molecule has 24 heavy (non-hydrogen) atoms. The van der Waals surface area contributed by atoms with E-state index in [9.17, 15) is 13.2 Å². The maximum Gasteiger partial charge on any atom is 0.261 e. The maximum atomic E-state index is 12.6. The van der Waals surface area contributed by atoms with Gasteiger partial charge in [0, 0.05) is 5.69 Å². The van der Waals surface area contributed by atoms with Crippen LogP contribution in [0, 0.1) is 13.8 Å². The van der Waals surface area contributed by atoms with Crippen LogP contribution in [0.15, 0.2) is 41.3 Å². The minimum Gasteiger partial charge on any atom is -0.491 e. The molecular formula is C17H18N2O4S. The minimum atomic E-state index is -3.76. The number of carbonyl (C=O) groups is 1. The van der Waals surface area contributed by atoms with Gasteiger partial charge in [-0.2, -0.15) is 0 Å². The third-order valence-corrected chi connectivity index (χ3v) is 5.26. The number of rotatable bonds is 3. The SMILES string of the molecule is Cc1ccc(NS(=O)(=O)c2ccc3c(c2)NC(=O)CCO3)cc1C. The van der Waals surface area contributed by atoms with Crippen LogP contribution in [-0.4, -0.2) is 20.9 Å². The van der Waals surface area contributed by atoms with Crippen LogP contribution >= 0.6 is 0 Å². The predicted octanol–water partition coefficient (Wildman–Crippen LogP) is 2.83. The Kier molecular flexibility index (Phi) is 4.19. The molecule has 0 radical (unpaired) electrons. The molecule has 2 aromatic carbocycles. The number of anilines is 2. The Morgan fingerprint density at radius 2 is 1.88 bits per heavy atom. The lowest BCUT2D eigenvalue weighted by atomic mass is 10.1. The van der Waals surface area contributed by atoms with Gasteiger partial charge in [-0.3, -0.25) is 9.52 Å². The van der Waals surface area contributed by atoms with Crippen LogP contribution in [0.3, 0.4) is 0 Å². The van der Waals surface area contributed by atoms with Crippen molar-refractivity contribution in [2.45, 2.75) is 25.2 Å². The molecule has 2 aromatic rings. The average Bonchev–Trinajstić information content (AvgIpc) is 2.70. The third-order valence-electron chi connectivity index (χ3n) is 3.88. The summed E-state index contributed by atoms with van der Waals surface area (Å²) in [5.41, 5.74) is 2.94. The molecule has 1 aliphatic rings. The first-order valence-corrected chi connectivity index (χ1v) is 9.00. The van der Waals surface area contributed by atoms with Gasteiger partial charge in [-0.05, 0) is 55.3 Å². The summed E-state index contributed by atoms with van der Waals surface area (Å²) in [6.45, 7) is 4.15. The molecule has 6 nitrogen and oxygen atoms in total. The zero-order valence-corrected chi connectivity index (χ0v) is 14.2. The average molecular weight is 346 g/mol. The van der Waals surface area contributed by atoms with Crippen molar-refractivity contribution >= 4 is 27.3 Å². The number of hydrogen-bond donors (Lipinski definition) is 2. The second kappa shape index (κ2) is 6.16. The van der Waals surface area contributed by atoms with E-state index in [-0.39, 0.29) is 23.8 Å². The summed E-state index contributed by atoms with van der Waals surface area (Å²) in [6, 6.07) is 9.77. The smallest absolute Gasteiger partial charge is 0.261 e. The molecule has 3 rings (SSSR count). The van der Waals surface area contributed by atoms with Crippen LogP contribution in [0.1, 0.15) is 17.5 Å². The van der Waals surface area contributed by atoms with Crippen molar-refractivity contribution in [3.05, 3.63) is 47.5 Å². The number of benzene rings is 2. The first kappa shape index (κ1) is 16.3. The van der Waals surface area contributed by atoms with Gasteiger partial charge in [0.15, 0.2) is 0 Å². The molecule has 0 saturated carbocycles. The Balaban J connectivity index is 1.92. The molecule has 0 fully saturated rings. The van der Waals surface area contributed by atoms with Crippen molar-refractivity contribution in [2.24, 2.45) is 0 Å². The second-order valence-electron chi connectivity index (χ2n) is 5.71. The van der Waals surface area contributed by atoms with E-state index in [0.717, 1.165) is 11.1 Å². The second-order valence-corrected chi connectivity index (χ2v) is 7.39. The summed E-state index contributed by atoms with van der Waals surface area (Å²) in [6.07, 6.45) is 0.234. The summed E-state index contributed by atoms with van der Waals surface area (Å²) in [5.74, 6) is 0.261. The Labute approximate surface area is 140 Å². The zero-order chi connectivity index (χ0) is 17.3. The lowest BCUT2D eigenvalue weighted by Gasteiger charge is -2.12. The predicted molar refractivity (Wildman–Crippen MR) is 91.9 cm³/mol. The number of fused-ring (bicyclic) bond motifs is 1. The highest BCUT2D eigenvalue weighted by Crippen LogP contribution is 2.30. The molecule has 0 saturated heterocycles. The summed E-state index contributed by atoms with van der Waals surface area (Å²) in [4.78, 5) is 11.7. The summed E-state index contributed by atoms with van der Waals surface area (Å²) >= 11 is 0. The van der Waals surface area contributed by atoms with Gasteiger partial charge in [0.25, 0.3) is 10.0 Å². The lowest BCUT2D eigenvalue weighted by molar-refractivity contribution is -0.116. The van der Waals surface area contributed by atoms with Gasteiger partial charge in [0.05, 0.1) is 23.6 Å². The molecular weight excluding hydrogens is 328 g/mol. The Bertz CT molecular complexity index is 907. The molecule has 1 aliphatic heterocycles. The molecule has 1 heterocycles. The van der Waals surface area contributed by atoms with Gasteiger partial charge < -0.3 is 10.1 Å². The van der Waals surface area contributed by atoms with Crippen LogP contribution in [0.5, 0.6) is 5.75 Å². The summed E-state index contributed by atoms with van der Waals surface area (Å²) in [7, 11) is -3.76. The molecule has 0 unspecified atom stereocenters. The fraction of sp³-hybridized carbons (Fsp3) is 0.235. The normalized spacial score (nSPS) is 14.2. The van der Waals surface area contributed by atoms with E-state index in [2.05, 4.69) is 10.0 Å². The van der Waals surface area contributed by atoms with E-state index in [0.29, 0.717) is 17.1 Å². The van der Waals surface area contributed by atoms with Gasteiger partial charge >= 0.3 is 0 Å². The number of ether oxygens (including phenoxy) is 1. The Hall–Kier alpha value is -2.54. The highest BCUT2D eigenvalue weighted by molar-refractivity contribution is 7.92. The van der Waals surface area contributed by atoms with E-state index in [1.165, 1.54) is 12.1 Å². The molecule has 0 atom stereocenters. The molecule has 0 bridgehead atoms. The standard InChI is InChI=1S/C17H18N2O4S/c1-11-3-4-13(9-12(11)2)19-24(21,22)14-5-6-16-15(10-14)18-17(20)7-8-23-16/h3-6,9-10,19H,7-8H2,1-2H3,(H,18,20). The fourth-order valence-electron chi connectivity index (χ4n) is 2.39. The van der Waals surface area contributed by atoms with Crippen molar-refractivity contribution in [1.82, 2.24) is 0 Å². The number of carbonyl (C=O) groups excluding carboxylic acids is 1. The minimum absolute atomic E-state index is 0.0604. The van der Waals surface area contributed by atoms with Gasteiger partial charge in [0.2, 0.25) is 5.91 Å². The first-order valence-electron chi connectivity index (χ1n) is 7.52. The number of sulfonamides is 1. The Morgan fingerprint density at radius 3 is 2.62 bits per heavy atom. The summed E-state index contributed by atoms with van der Waals surface area (Å²) < 4.78 is 33.2. The topological polar surface area (TPSA) is 84.5 Å². The first-order chi connectivity index (χ1) is 11.3. The molecule has 1 amide bonds.